The summed E-state index contributed by atoms with van der Waals surface area (Å²) >= 11 is 0. The number of carbonyl (C=O) groups excluding carboxylic acids is 1. The number of methoxy groups -OCH3 is 1. The molecule has 6 nitrogen and oxygen atoms in total. The van der Waals surface area contributed by atoms with E-state index in [0.29, 0.717) is 25.5 Å². The first-order valence-corrected chi connectivity index (χ1v) is 5.91. The van der Waals surface area contributed by atoms with Crippen LogP contribution in [0.1, 0.15) is 18.7 Å². The van der Waals surface area contributed by atoms with Crippen molar-refractivity contribution in [3.63, 3.8) is 0 Å². The van der Waals surface area contributed by atoms with E-state index in [2.05, 4.69) is 5.32 Å². The molecule has 0 aliphatic carbocycles. The van der Waals surface area contributed by atoms with E-state index < -0.39 is 0 Å². The fourth-order valence-corrected chi connectivity index (χ4v) is 1.62. The van der Waals surface area contributed by atoms with Gasteiger partial charge in [-0.1, -0.05) is 0 Å². The molecule has 1 heterocycles. The highest BCUT2D eigenvalue weighted by Crippen LogP contribution is 2.14. The van der Waals surface area contributed by atoms with Gasteiger partial charge < -0.3 is 24.5 Å². The van der Waals surface area contributed by atoms with Crippen LogP contribution in [0.3, 0.4) is 0 Å². The predicted octanol–water partition coefficient (Wildman–Crippen LogP) is 0.991. The lowest BCUT2D eigenvalue weighted by atomic mass is 10.2. The zero-order valence-electron chi connectivity index (χ0n) is 10.8. The number of hydrogen-bond acceptors (Lipinski definition) is 4. The Bertz CT molecular complexity index is 340. The van der Waals surface area contributed by atoms with Gasteiger partial charge in [0.25, 0.3) is 0 Å². The second-order valence-corrected chi connectivity index (χ2v) is 3.78. The average Bonchev–Trinajstić information content (AvgIpc) is 2.89. The van der Waals surface area contributed by atoms with Crippen LogP contribution in [-0.4, -0.2) is 49.5 Å². The van der Waals surface area contributed by atoms with E-state index in [1.807, 2.05) is 6.92 Å². The molecule has 1 unspecified atom stereocenters. The number of aliphatic hydroxyl groups excluding tert-OH is 1. The predicted molar refractivity (Wildman–Crippen MR) is 66.2 cm³/mol. The third-order valence-corrected chi connectivity index (χ3v) is 2.56. The fraction of sp³-hybridized carbons (Fsp3) is 0.583. The van der Waals surface area contributed by atoms with Crippen LogP contribution in [0, 0.1) is 0 Å². The van der Waals surface area contributed by atoms with Crippen LogP contribution in [0.4, 0.5) is 4.79 Å². The van der Waals surface area contributed by atoms with Crippen LogP contribution in [0.2, 0.25) is 0 Å². The standard InChI is InChI=1S/C12H20N2O4/c1-3-14(6-7-15)12(16)13-10(9-17-2)11-5-4-8-18-11/h4-5,8,10,15H,3,6-7,9H2,1-2H3,(H,13,16). The van der Waals surface area contributed by atoms with E-state index in [1.54, 1.807) is 25.5 Å². The molecule has 0 saturated heterocycles. The quantitative estimate of drug-likeness (QED) is 0.763. The molecule has 0 aliphatic heterocycles. The van der Waals surface area contributed by atoms with E-state index in [-0.39, 0.29) is 18.7 Å². The smallest absolute Gasteiger partial charge is 0.318 e. The Morgan fingerprint density at radius 2 is 2.44 bits per heavy atom. The van der Waals surface area contributed by atoms with Gasteiger partial charge in [0.15, 0.2) is 0 Å². The summed E-state index contributed by atoms with van der Waals surface area (Å²) in [5.74, 6) is 0.644. The Morgan fingerprint density at radius 3 is 2.94 bits per heavy atom. The SMILES string of the molecule is CCN(CCO)C(=O)NC(COC)c1ccco1. The van der Waals surface area contributed by atoms with Gasteiger partial charge in [-0.2, -0.15) is 0 Å². The number of amides is 2. The molecule has 0 saturated carbocycles. The molecule has 0 aliphatic rings. The Labute approximate surface area is 107 Å². The number of likely N-dealkylation sites (N-methyl/N-ethyl adjacent to an activating group) is 1. The first kappa shape index (κ1) is 14.5. The summed E-state index contributed by atoms with van der Waals surface area (Å²) in [7, 11) is 1.56. The number of carbonyl (C=O) groups is 1. The van der Waals surface area contributed by atoms with Crippen LogP contribution in [0.5, 0.6) is 0 Å². The summed E-state index contributed by atoms with van der Waals surface area (Å²) in [6.07, 6.45) is 1.55. The van der Waals surface area contributed by atoms with Gasteiger partial charge in [0.05, 0.1) is 19.5 Å². The van der Waals surface area contributed by atoms with Crippen molar-refractivity contribution in [3.8, 4) is 0 Å². The van der Waals surface area contributed by atoms with Crippen LogP contribution in [0.15, 0.2) is 22.8 Å². The number of nitrogens with zero attached hydrogens (tertiary/aromatic N) is 1. The molecule has 2 N–H and O–H groups in total. The maximum absolute atomic E-state index is 12.0. The van der Waals surface area contributed by atoms with Crippen molar-refractivity contribution in [1.29, 1.82) is 0 Å². The first-order valence-electron chi connectivity index (χ1n) is 5.91. The molecule has 1 aromatic rings. The molecular weight excluding hydrogens is 236 g/mol. The molecule has 1 aromatic heterocycles. The number of rotatable bonds is 7. The highest BCUT2D eigenvalue weighted by molar-refractivity contribution is 5.74. The van der Waals surface area contributed by atoms with E-state index in [0.717, 1.165) is 0 Å². The molecule has 0 fully saturated rings. The lowest BCUT2D eigenvalue weighted by Crippen LogP contribution is -2.43. The topological polar surface area (TPSA) is 74.9 Å². The van der Waals surface area contributed by atoms with Gasteiger partial charge in [-0.05, 0) is 19.1 Å². The zero-order valence-corrected chi connectivity index (χ0v) is 10.8. The lowest BCUT2D eigenvalue weighted by molar-refractivity contribution is 0.143. The van der Waals surface area contributed by atoms with Crippen molar-refractivity contribution in [2.75, 3.05) is 33.4 Å². The summed E-state index contributed by atoms with van der Waals surface area (Å²) in [6, 6.07) is 2.97. The maximum Gasteiger partial charge on any atom is 0.318 e. The molecular formula is C12H20N2O4. The molecule has 102 valence electrons. The van der Waals surface area contributed by atoms with Crippen molar-refractivity contribution in [1.82, 2.24) is 10.2 Å². The highest BCUT2D eigenvalue weighted by atomic mass is 16.5. The Kier molecular flexibility index (Phi) is 6.24. The van der Waals surface area contributed by atoms with E-state index in [9.17, 15) is 4.79 Å². The van der Waals surface area contributed by atoms with Gasteiger partial charge >= 0.3 is 6.03 Å². The molecule has 0 spiro atoms. The largest absolute Gasteiger partial charge is 0.467 e. The number of aliphatic hydroxyl groups is 1. The molecule has 0 bridgehead atoms. The lowest BCUT2D eigenvalue weighted by Gasteiger charge is -2.23. The third kappa shape index (κ3) is 4.05. The fourth-order valence-electron chi connectivity index (χ4n) is 1.62. The molecule has 0 aromatic carbocycles. The van der Waals surface area contributed by atoms with Gasteiger partial charge in [-0.3, -0.25) is 0 Å². The number of hydrogen-bond donors (Lipinski definition) is 2. The third-order valence-electron chi connectivity index (χ3n) is 2.56. The minimum atomic E-state index is -0.328. The van der Waals surface area contributed by atoms with Crippen molar-refractivity contribution in [3.05, 3.63) is 24.2 Å². The summed E-state index contributed by atoms with van der Waals surface area (Å²) in [5.41, 5.74) is 0. The van der Waals surface area contributed by atoms with Crippen molar-refractivity contribution < 1.29 is 19.1 Å². The van der Waals surface area contributed by atoms with Crippen LogP contribution in [-0.2, 0) is 4.74 Å². The van der Waals surface area contributed by atoms with Gasteiger partial charge in [-0.15, -0.1) is 0 Å². The molecule has 1 atom stereocenters. The Morgan fingerprint density at radius 1 is 1.67 bits per heavy atom. The summed E-state index contributed by atoms with van der Waals surface area (Å²) < 4.78 is 10.3. The number of urea groups is 1. The van der Waals surface area contributed by atoms with Gasteiger partial charge in [0, 0.05) is 20.2 Å². The maximum atomic E-state index is 12.0. The Balaban J connectivity index is 2.63. The van der Waals surface area contributed by atoms with Crippen molar-refractivity contribution in [2.45, 2.75) is 13.0 Å². The monoisotopic (exact) mass is 256 g/mol. The molecule has 2 amide bonds. The zero-order chi connectivity index (χ0) is 13.4. The molecule has 18 heavy (non-hydrogen) atoms. The molecule has 6 heteroatoms. The van der Waals surface area contributed by atoms with Gasteiger partial charge in [0.2, 0.25) is 0 Å². The van der Waals surface area contributed by atoms with Crippen molar-refractivity contribution in [2.24, 2.45) is 0 Å². The number of ether oxygens (including phenoxy) is 1. The molecule has 1 rings (SSSR count). The first-order chi connectivity index (χ1) is 8.72. The minimum Gasteiger partial charge on any atom is -0.467 e. The van der Waals surface area contributed by atoms with E-state index in [4.69, 9.17) is 14.3 Å². The normalized spacial score (nSPS) is 12.2. The van der Waals surface area contributed by atoms with E-state index in [1.165, 1.54) is 4.90 Å². The number of furan rings is 1. The van der Waals surface area contributed by atoms with Gasteiger partial charge in [-0.25, -0.2) is 4.79 Å². The van der Waals surface area contributed by atoms with Crippen LogP contribution < -0.4 is 5.32 Å². The second kappa shape index (κ2) is 7.73. The van der Waals surface area contributed by atoms with Gasteiger partial charge in [0.1, 0.15) is 11.8 Å². The summed E-state index contributed by atoms with van der Waals surface area (Å²) in [6.45, 7) is 2.96. The minimum absolute atomic E-state index is 0.0586. The second-order valence-electron chi connectivity index (χ2n) is 3.78. The number of nitrogens with one attached hydrogen (secondary N) is 1. The Hall–Kier alpha value is -1.53. The molecule has 0 radical (unpaired) electrons. The van der Waals surface area contributed by atoms with Crippen LogP contribution >= 0.6 is 0 Å². The van der Waals surface area contributed by atoms with Crippen molar-refractivity contribution >= 4 is 6.03 Å². The highest BCUT2D eigenvalue weighted by Gasteiger charge is 2.19. The average molecular weight is 256 g/mol. The van der Waals surface area contributed by atoms with E-state index >= 15 is 0 Å². The van der Waals surface area contributed by atoms with Crippen LogP contribution in [0.25, 0.3) is 0 Å². The summed E-state index contributed by atoms with van der Waals surface area (Å²) in [4.78, 5) is 13.5. The summed E-state index contributed by atoms with van der Waals surface area (Å²) in [5, 5.41) is 11.7.